The minimum atomic E-state index is -1.06. The van der Waals surface area contributed by atoms with Crippen LogP contribution in [0.2, 0.25) is 0 Å². The Morgan fingerprint density at radius 1 is 1.40 bits per heavy atom. The van der Waals surface area contributed by atoms with E-state index in [4.69, 9.17) is 5.11 Å². The van der Waals surface area contributed by atoms with Crippen LogP contribution in [0.25, 0.3) is 0 Å². The molecule has 0 fully saturated rings. The number of rotatable bonds is 5. The number of nitro benzene ring substituents is 1. The Kier molecular flexibility index (Phi) is 4.44. The standard InChI is InChI=1S/C13H16N2O5/c1-8-4-5-10(15(19)20)9(6-8)12(18)14-13(2,3)7-11(16)17/h4-6H,7H2,1-3H3,(H,14,18)(H,16,17). The number of amides is 1. The fraction of sp³-hybridized carbons (Fsp3) is 0.385. The Hall–Kier alpha value is -2.44. The van der Waals surface area contributed by atoms with Gasteiger partial charge in [-0.15, -0.1) is 0 Å². The summed E-state index contributed by atoms with van der Waals surface area (Å²) in [5.41, 5.74) is -0.676. The molecule has 0 aliphatic heterocycles. The van der Waals surface area contributed by atoms with Gasteiger partial charge in [0.2, 0.25) is 0 Å². The van der Waals surface area contributed by atoms with E-state index in [0.29, 0.717) is 5.56 Å². The van der Waals surface area contributed by atoms with Crippen LogP contribution in [0.15, 0.2) is 18.2 Å². The molecule has 7 heteroatoms. The highest BCUT2D eigenvalue weighted by Crippen LogP contribution is 2.21. The van der Waals surface area contributed by atoms with Crippen LogP contribution in [0.1, 0.15) is 36.2 Å². The number of nitrogens with zero attached hydrogens (tertiary/aromatic N) is 1. The monoisotopic (exact) mass is 280 g/mol. The molecule has 0 heterocycles. The molecule has 0 saturated carbocycles. The topological polar surface area (TPSA) is 110 Å². The number of hydrogen-bond donors (Lipinski definition) is 2. The van der Waals surface area contributed by atoms with Gasteiger partial charge in [0.15, 0.2) is 0 Å². The summed E-state index contributed by atoms with van der Waals surface area (Å²) in [5.74, 6) is -1.72. The predicted molar refractivity (Wildman–Crippen MR) is 71.6 cm³/mol. The van der Waals surface area contributed by atoms with Crippen molar-refractivity contribution in [3.63, 3.8) is 0 Å². The Bertz CT molecular complexity index is 566. The van der Waals surface area contributed by atoms with Crippen molar-refractivity contribution in [3.8, 4) is 0 Å². The third-order valence-corrected chi connectivity index (χ3v) is 2.64. The van der Waals surface area contributed by atoms with Crippen molar-refractivity contribution < 1.29 is 19.6 Å². The zero-order chi connectivity index (χ0) is 15.5. The number of carboxylic acids is 1. The van der Waals surface area contributed by atoms with Crippen molar-refractivity contribution in [1.82, 2.24) is 5.32 Å². The molecule has 0 aliphatic carbocycles. The Labute approximate surface area is 115 Å². The molecule has 7 nitrogen and oxygen atoms in total. The molecule has 1 rings (SSSR count). The highest BCUT2D eigenvalue weighted by Gasteiger charge is 2.27. The van der Waals surface area contributed by atoms with Crippen LogP contribution >= 0.6 is 0 Å². The van der Waals surface area contributed by atoms with E-state index in [1.54, 1.807) is 20.8 Å². The van der Waals surface area contributed by atoms with Gasteiger partial charge >= 0.3 is 5.97 Å². The molecule has 20 heavy (non-hydrogen) atoms. The van der Waals surface area contributed by atoms with E-state index in [0.717, 1.165) is 0 Å². The maximum atomic E-state index is 12.1. The number of aryl methyl sites for hydroxylation is 1. The van der Waals surface area contributed by atoms with Gasteiger partial charge in [-0.1, -0.05) is 6.07 Å². The lowest BCUT2D eigenvalue weighted by atomic mass is 9.99. The lowest BCUT2D eigenvalue weighted by Gasteiger charge is -2.24. The predicted octanol–water partition coefficient (Wildman–Crippen LogP) is 1.89. The molecule has 0 aliphatic rings. The Balaban J connectivity index is 3.06. The molecule has 0 spiro atoms. The fourth-order valence-corrected chi connectivity index (χ4v) is 1.79. The summed E-state index contributed by atoms with van der Waals surface area (Å²) < 4.78 is 0. The zero-order valence-corrected chi connectivity index (χ0v) is 11.5. The van der Waals surface area contributed by atoms with Gasteiger partial charge in [-0.2, -0.15) is 0 Å². The van der Waals surface area contributed by atoms with Crippen LogP contribution in [0.5, 0.6) is 0 Å². The van der Waals surface area contributed by atoms with Gasteiger partial charge in [0, 0.05) is 11.6 Å². The summed E-state index contributed by atoms with van der Waals surface area (Å²) >= 11 is 0. The molecule has 0 atom stereocenters. The number of nitrogens with one attached hydrogen (secondary N) is 1. The molecule has 1 amide bonds. The van der Waals surface area contributed by atoms with Crippen molar-refractivity contribution in [3.05, 3.63) is 39.4 Å². The van der Waals surface area contributed by atoms with Gasteiger partial charge in [0.25, 0.3) is 11.6 Å². The first kappa shape index (κ1) is 15.6. The van der Waals surface area contributed by atoms with Crippen LogP contribution in [0.3, 0.4) is 0 Å². The minimum Gasteiger partial charge on any atom is -0.481 e. The second-order valence-electron chi connectivity index (χ2n) is 5.19. The number of carboxylic acid groups (broad SMARTS) is 1. The quantitative estimate of drug-likeness (QED) is 0.632. The molecule has 0 radical (unpaired) electrons. The first-order valence-electron chi connectivity index (χ1n) is 5.92. The van der Waals surface area contributed by atoms with E-state index in [1.807, 2.05) is 0 Å². The largest absolute Gasteiger partial charge is 0.481 e. The van der Waals surface area contributed by atoms with Crippen molar-refractivity contribution in [1.29, 1.82) is 0 Å². The molecule has 0 unspecified atom stereocenters. The summed E-state index contributed by atoms with van der Waals surface area (Å²) in [6.07, 6.45) is -0.279. The summed E-state index contributed by atoms with van der Waals surface area (Å²) in [6, 6.07) is 4.20. The van der Waals surface area contributed by atoms with Gasteiger partial charge in [0.1, 0.15) is 5.56 Å². The third-order valence-electron chi connectivity index (χ3n) is 2.64. The van der Waals surface area contributed by atoms with Gasteiger partial charge < -0.3 is 10.4 Å². The van der Waals surface area contributed by atoms with E-state index in [-0.39, 0.29) is 17.7 Å². The number of aliphatic carboxylic acids is 1. The van der Waals surface area contributed by atoms with E-state index >= 15 is 0 Å². The normalized spacial score (nSPS) is 10.9. The third kappa shape index (κ3) is 4.04. The van der Waals surface area contributed by atoms with Crippen LogP contribution in [-0.2, 0) is 4.79 Å². The SMILES string of the molecule is Cc1ccc([N+](=O)[O-])c(C(=O)NC(C)(C)CC(=O)O)c1. The Morgan fingerprint density at radius 3 is 2.50 bits per heavy atom. The van der Waals surface area contributed by atoms with Crippen molar-refractivity contribution >= 4 is 17.6 Å². The Morgan fingerprint density at radius 2 is 2.00 bits per heavy atom. The van der Waals surface area contributed by atoms with Crippen molar-refractivity contribution in [2.75, 3.05) is 0 Å². The summed E-state index contributed by atoms with van der Waals surface area (Å²) in [4.78, 5) is 33.1. The average Bonchev–Trinajstić information content (AvgIpc) is 2.25. The first-order chi connectivity index (χ1) is 9.12. The maximum absolute atomic E-state index is 12.1. The van der Waals surface area contributed by atoms with Crippen LogP contribution < -0.4 is 5.32 Å². The lowest BCUT2D eigenvalue weighted by Crippen LogP contribution is -2.45. The van der Waals surface area contributed by atoms with Crippen molar-refractivity contribution in [2.24, 2.45) is 0 Å². The first-order valence-corrected chi connectivity index (χ1v) is 5.92. The molecule has 0 bridgehead atoms. The smallest absolute Gasteiger partial charge is 0.305 e. The number of nitro groups is 1. The summed E-state index contributed by atoms with van der Waals surface area (Å²) in [6.45, 7) is 4.80. The highest BCUT2D eigenvalue weighted by molar-refractivity contribution is 5.98. The van der Waals surface area contributed by atoms with E-state index in [2.05, 4.69) is 5.32 Å². The maximum Gasteiger partial charge on any atom is 0.305 e. The highest BCUT2D eigenvalue weighted by atomic mass is 16.6. The molecular formula is C13H16N2O5. The van der Waals surface area contributed by atoms with Crippen LogP contribution in [0, 0.1) is 17.0 Å². The summed E-state index contributed by atoms with van der Waals surface area (Å²) in [5, 5.41) is 22.2. The van der Waals surface area contributed by atoms with Gasteiger partial charge in [-0.3, -0.25) is 19.7 Å². The van der Waals surface area contributed by atoms with E-state index in [1.165, 1.54) is 18.2 Å². The average molecular weight is 280 g/mol. The lowest BCUT2D eigenvalue weighted by molar-refractivity contribution is -0.385. The number of benzene rings is 1. The van der Waals surface area contributed by atoms with Crippen LogP contribution in [-0.4, -0.2) is 27.4 Å². The molecule has 0 aromatic heterocycles. The van der Waals surface area contributed by atoms with E-state index < -0.39 is 22.3 Å². The molecule has 108 valence electrons. The number of hydrogen-bond acceptors (Lipinski definition) is 4. The summed E-state index contributed by atoms with van der Waals surface area (Å²) in [7, 11) is 0. The van der Waals surface area contributed by atoms with Crippen molar-refractivity contribution in [2.45, 2.75) is 32.7 Å². The second-order valence-corrected chi connectivity index (χ2v) is 5.19. The number of carbonyl (C=O) groups is 2. The molecule has 0 saturated heterocycles. The van der Waals surface area contributed by atoms with E-state index in [9.17, 15) is 19.7 Å². The van der Waals surface area contributed by atoms with Crippen LogP contribution in [0.4, 0.5) is 5.69 Å². The second kappa shape index (κ2) is 5.68. The zero-order valence-electron chi connectivity index (χ0n) is 11.5. The van der Waals surface area contributed by atoms with Gasteiger partial charge in [-0.25, -0.2) is 0 Å². The molecule has 1 aromatic rings. The minimum absolute atomic E-state index is 0.0755. The van der Waals surface area contributed by atoms with Gasteiger partial charge in [0.05, 0.1) is 11.3 Å². The molecule has 2 N–H and O–H groups in total. The molecule has 1 aromatic carbocycles. The molecular weight excluding hydrogens is 264 g/mol. The number of carbonyl (C=O) groups excluding carboxylic acids is 1. The fourth-order valence-electron chi connectivity index (χ4n) is 1.79. The van der Waals surface area contributed by atoms with Gasteiger partial charge in [-0.05, 0) is 32.4 Å².